The standard InChI is InChI=1S/C24H31N3O2S/c28-23(19-10-14-27(15-11-19)24(29)22-9-6-16-30-22)25-17-20-7-2-3-8-21(20)18-26-12-4-1-5-13-26/h2-3,6-9,16,19H,1,4-5,10-15,17-18H2,(H,25,28). The number of piperidine rings is 2. The summed E-state index contributed by atoms with van der Waals surface area (Å²) in [6.07, 6.45) is 5.38. The first kappa shape index (κ1) is 21.1. The Hall–Kier alpha value is -2.18. The average Bonchev–Trinajstić information content (AvgIpc) is 3.34. The topological polar surface area (TPSA) is 52.7 Å². The van der Waals surface area contributed by atoms with Crippen LogP contribution in [-0.4, -0.2) is 47.8 Å². The van der Waals surface area contributed by atoms with Crippen molar-refractivity contribution in [1.29, 1.82) is 0 Å². The summed E-state index contributed by atoms with van der Waals surface area (Å²) in [5.41, 5.74) is 2.53. The Morgan fingerprint density at radius 1 is 0.933 bits per heavy atom. The Kier molecular flexibility index (Phi) is 7.18. The SMILES string of the molecule is O=C(NCc1ccccc1CN1CCCCC1)C1CCN(C(=O)c2cccs2)CC1. The Morgan fingerprint density at radius 2 is 1.67 bits per heavy atom. The van der Waals surface area contributed by atoms with Gasteiger partial charge in [0.2, 0.25) is 5.91 Å². The first-order valence-corrected chi connectivity index (χ1v) is 12.0. The molecule has 3 heterocycles. The molecule has 2 saturated heterocycles. The van der Waals surface area contributed by atoms with Crippen molar-refractivity contribution < 1.29 is 9.59 Å². The molecule has 4 rings (SSSR count). The molecule has 5 nitrogen and oxygen atoms in total. The summed E-state index contributed by atoms with van der Waals surface area (Å²) in [6, 6.07) is 12.2. The predicted octanol–water partition coefficient (Wildman–Crippen LogP) is 3.90. The van der Waals surface area contributed by atoms with Gasteiger partial charge in [-0.05, 0) is 61.3 Å². The van der Waals surface area contributed by atoms with Gasteiger partial charge in [0, 0.05) is 32.1 Å². The predicted molar refractivity (Wildman–Crippen MR) is 120 cm³/mol. The van der Waals surface area contributed by atoms with E-state index >= 15 is 0 Å². The second kappa shape index (κ2) is 10.2. The number of amides is 2. The first-order chi connectivity index (χ1) is 14.7. The number of nitrogens with one attached hydrogen (secondary N) is 1. The Balaban J connectivity index is 1.27. The van der Waals surface area contributed by atoms with Gasteiger partial charge >= 0.3 is 0 Å². The third-order valence-corrected chi connectivity index (χ3v) is 7.16. The van der Waals surface area contributed by atoms with Crippen LogP contribution in [0.15, 0.2) is 41.8 Å². The van der Waals surface area contributed by atoms with E-state index < -0.39 is 0 Å². The van der Waals surface area contributed by atoms with Gasteiger partial charge in [-0.1, -0.05) is 36.8 Å². The maximum Gasteiger partial charge on any atom is 0.263 e. The molecule has 1 aromatic carbocycles. The smallest absolute Gasteiger partial charge is 0.263 e. The van der Waals surface area contributed by atoms with Crippen molar-refractivity contribution in [2.45, 2.75) is 45.2 Å². The molecule has 1 aromatic heterocycles. The highest BCUT2D eigenvalue weighted by molar-refractivity contribution is 7.12. The molecule has 0 aliphatic carbocycles. The van der Waals surface area contributed by atoms with Gasteiger partial charge in [-0.2, -0.15) is 0 Å². The summed E-state index contributed by atoms with van der Waals surface area (Å²) in [6.45, 7) is 5.19. The van der Waals surface area contributed by atoms with E-state index in [1.165, 1.54) is 54.8 Å². The maximum atomic E-state index is 12.8. The number of carbonyl (C=O) groups is 2. The molecule has 2 fully saturated rings. The third kappa shape index (κ3) is 5.29. The molecule has 2 aliphatic rings. The molecule has 0 bridgehead atoms. The molecule has 160 valence electrons. The fourth-order valence-electron chi connectivity index (χ4n) is 4.47. The minimum atomic E-state index is -0.00774. The molecule has 2 aliphatic heterocycles. The van der Waals surface area contributed by atoms with E-state index in [9.17, 15) is 9.59 Å². The van der Waals surface area contributed by atoms with Crippen molar-refractivity contribution in [1.82, 2.24) is 15.1 Å². The van der Waals surface area contributed by atoms with Crippen LogP contribution in [0, 0.1) is 5.92 Å². The van der Waals surface area contributed by atoms with Gasteiger partial charge in [-0.3, -0.25) is 14.5 Å². The molecule has 2 aromatic rings. The van der Waals surface area contributed by atoms with Crippen molar-refractivity contribution in [3.63, 3.8) is 0 Å². The molecule has 0 spiro atoms. The highest BCUT2D eigenvalue weighted by atomic mass is 32.1. The minimum absolute atomic E-state index is 0.00774. The molecule has 6 heteroatoms. The number of hydrogen-bond donors (Lipinski definition) is 1. The van der Waals surface area contributed by atoms with Gasteiger partial charge in [-0.15, -0.1) is 11.3 Å². The summed E-state index contributed by atoms with van der Waals surface area (Å²) in [5.74, 6) is 0.202. The normalized spacial score (nSPS) is 18.3. The lowest BCUT2D eigenvalue weighted by atomic mass is 9.95. The zero-order valence-electron chi connectivity index (χ0n) is 17.5. The van der Waals surface area contributed by atoms with Crippen molar-refractivity contribution in [3.8, 4) is 0 Å². The Labute approximate surface area is 183 Å². The van der Waals surface area contributed by atoms with Gasteiger partial charge in [-0.25, -0.2) is 0 Å². The molecule has 1 N–H and O–H groups in total. The lowest BCUT2D eigenvalue weighted by Gasteiger charge is -2.31. The van der Waals surface area contributed by atoms with E-state index in [0.29, 0.717) is 19.6 Å². The zero-order chi connectivity index (χ0) is 20.8. The summed E-state index contributed by atoms with van der Waals surface area (Å²) in [4.78, 5) is 30.4. The number of hydrogen-bond acceptors (Lipinski definition) is 4. The largest absolute Gasteiger partial charge is 0.352 e. The van der Waals surface area contributed by atoms with Crippen LogP contribution >= 0.6 is 11.3 Å². The van der Waals surface area contributed by atoms with E-state index in [1.807, 2.05) is 22.4 Å². The van der Waals surface area contributed by atoms with Crippen LogP contribution in [0.25, 0.3) is 0 Å². The van der Waals surface area contributed by atoms with E-state index in [4.69, 9.17) is 0 Å². The fraction of sp³-hybridized carbons (Fsp3) is 0.500. The number of carbonyl (C=O) groups excluding carboxylic acids is 2. The lowest BCUT2D eigenvalue weighted by Crippen LogP contribution is -2.42. The molecular weight excluding hydrogens is 394 g/mol. The number of benzene rings is 1. The third-order valence-electron chi connectivity index (χ3n) is 6.30. The van der Waals surface area contributed by atoms with Crippen LogP contribution in [0.1, 0.15) is 52.9 Å². The van der Waals surface area contributed by atoms with Gasteiger partial charge in [0.25, 0.3) is 5.91 Å². The van der Waals surface area contributed by atoms with Gasteiger partial charge in [0.15, 0.2) is 0 Å². The number of thiophene rings is 1. The summed E-state index contributed by atoms with van der Waals surface area (Å²) in [7, 11) is 0. The van der Waals surface area contributed by atoms with Crippen LogP contribution in [0.5, 0.6) is 0 Å². The maximum absolute atomic E-state index is 12.8. The second-order valence-corrected chi connectivity index (χ2v) is 9.31. The van der Waals surface area contributed by atoms with E-state index in [1.54, 1.807) is 0 Å². The Morgan fingerprint density at radius 3 is 2.37 bits per heavy atom. The zero-order valence-corrected chi connectivity index (χ0v) is 18.3. The van der Waals surface area contributed by atoms with Gasteiger partial charge in [0.05, 0.1) is 4.88 Å². The van der Waals surface area contributed by atoms with Crippen LogP contribution in [0.4, 0.5) is 0 Å². The number of nitrogens with zero attached hydrogens (tertiary/aromatic N) is 2. The average molecular weight is 426 g/mol. The van der Waals surface area contributed by atoms with Crippen molar-refractivity contribution in [2.75, 3.05) is 26.2 Å². The highest BCUT2D eigenvalue weighted by Gasteiger charge is 2.28. The molecule has 30 heavy (non-hydrogen) atoms. The van der Waals surface area contributed by atoms with Gasteiger partial charge in [0.1, 0.15) is 0 Å². The highest BCUT2D eigenvalue weighted by Crippen LogP contribution is 2.21. The molecule has 0 radical (unpaired) electrons. The summed E-state index contributed by atoms with van der Waals surface area (Å²) in [5, 5.41) is 5.09. The van der Waals surface area contributed by atoms with Crippen LogP contribution in [0.3, 0.4) is 0 Å². The molecule has 0 saturated carbocycles. The van der Waals surface area contributed by atoms with E-state index in [0.717, 1.165) is 24.3 Å². The van der Waals surface area contributed by atoms with Crippen molar-refractivity contribution in [2.24, 2.45) is 5.92 Å². The quantitative estimate of drug-likeness (QED) is 0.764. The van der Waals surface area contributed by atoms with Crippen LogP contribution < -0.4 is 5.32 Å². The molecule has 0 unspecified atom stereocenters. The van der Waals surface area contributed by atoms with Crippen LogP contribution in [0.2, 0.25) is 0 Å². The monoisotopic (exact) mass is 425 g/mol. The first-order valence-electron chi connectivity index (χ1n) is 11.1. The molecule has 2 amide bonds. The molecular formula is C24H31N3O2S. The molecule has 0 atom stereocenters. The number of rotatable bonds is 6. The summed E-state index contributed by atoms with van der Waals surface area (Å²) >= 11 is 1.48. The van der Waals surface area contributed by atoms with Crippen molar-refractivity contribution in [3.05, 3.63) is 57.8 Å². The second-order valence-electron chi connectivity index (χ2n) is 8.37. The number of likely N-dealkylation sites (tertiary alicyclic amines) is 2. The minimum Gasteiger partial charge on any atom is -0.352 e. The van der Waals surface area contributed by atoms with E-state index in [2.05, 4.69) is 34.5 Å². The lowest BCUT2D eigenvalue weighted by molar-refractivity contribution is -0.126. The van der Waals surface area contributed by atoms with E-state index in [-0.39, 0.29) is 17.7 Å². The van der Waals surface area contributed by atoms with Crippen molar-refractivity contribution >= 4 is 23.2 Å². The van der Waals surface area contributed by atoms with Crippen LogP contribution in [-0.2, 0) is 17.9 Å². The van der Waals surface area contributed by atoms with Gasteiger partial charge < -0.3 is 10.2 Å². The Bertz CT molecular complexity index is 838. The summed E-state index contributed by atoms with van der Waals surface area (Å²) < 4.78 is 0. The fourth-order valence-corrected chi connectivity index (χ4v) is 5.16.